The summed E-state index contributed by atoms with van der Waals surface area (Å²) < 4.78 is 6.30. The van der Waals surface area contributed by atoms with Gasteiger partial charge in [0, 0.05) is 30.1 Å². The van der Waals surface area contributed by atoms with Crippen LogP contribution >= 0.6 is 11.6 Å². The van der Waals surface area contributed by atoms with Crippen molar-refractivity contribution in [3.05, 3.63) is 34.9 Å². The van der Waals surface area contributed by atoms with Gasteiger partial charge < -0.3 is 14.7 Å². The van der Waals surface area contributed by atoms with Crippen molar-refractivity contribution in [1.82, 2.24) is 0 Å². The molecule has 2 fully saturated rings. The van der Waals surface area contributed by atoms with Gasteiger partial charge in [0.1, 0.15) is 11.4 Å². The van der Waals surface area contributed by atoms with Crippen molar-refractivity contribution in [2.75, 3.05) is 24.6 Å². The molecular weight excluding hydrogens is 370 g/mol. The molecule has 154 valence electrons. The third-order valence-electron chi connectivity index (χ3n) is 7.24. The van der Waals surface area contributed by atoms with Gasteiger partial charge in [0.15, 0.2) is 0 Å². The van der Waals surface area contributed by atoms with Crippen molar-refractivity contribution in [1.29, 1.82) is 0 Å². The van der Waals surface area contributed by atoms with E-state index >= 15 is 0 Å². The molecule has 1 spiro atoms. The maximum atomic E-state index is 9.24. The second-order valence-corrected chi connectivity index (χ2v) is 10.4. The number of benzene rings is 1. The molecule has 0 unspecified atom stereocenters. The number of ether oxygens (including phenoxy) is 1. The smallest absolute Gasteiger partial charge is 0.146 e. The maximum absolute atomic E-state index is 9.24. The monoisotopic (exact) mass is 403 g/mol. The van der Waals surface area contributed by atoms with Crippen molar-refractivity contribution in [2.45, 2.75) is 70.8 Å². The zero-order chi connectivity index (χ0) is 19.9. The van der Waals surface area contributed by atoms with Crippen LogP contribution in [0, 0.1) is 11.3 Å². The summed E-state index contributed by atoms with van der Waals surface area (Å²) in [5.41, 5.74) is 3.80. The Morgan fingerprint density at radius 1 is 1.21 bits per heavy atom. The highest BCUT2D eigenvalue weighted by molar-refractivity contribution is 6.31. The molecule has 0 radical (unpaired) electrons. The highest BCUT2D eigenvalue weighted by atomic mass is 35.5. The molecule has 28 heavy (non-hydrogen) atoms. The van der Waals surface area contributed by atoms with Crippen molar-refractivity contribution in [3.63, 3.8) is 0 Å². The third kappa shape index (κ3) is 4.07. The molecule has 0 bridgehead atoms. The topological polar surface area (TPSA) is 32.7 Å². The number of hydrogen-bond acceptors (Lipinski definition) is 3. The van der Waals surface area contributed by atoms with Gasteiger partial charge in [-0.25, -0.2) is 0 Å². The largest absolute Gasteiger partial charge is 0.485 e. The summed E-state index contributed by atoms with van der Waals surface area (Å²) >= 11 is 6.45. The summed E-state index contributed by atoms with van der Waals surface area (Å²) in [4.78, 5) is 2.50. The predicted octanol–water partition coefficient (Wildman–Crippen LogP) is 5.77. The first kappa shape index (κ1) is 20.1. The van der Waals surface area contributed by atoms with Crippen LogP contribution in [0.2, 0.25) is 5.02 Å². The van der Waals surface area contributed by atoms with Crippen molar-refractivity contribution in [3.8, 4) is 5.75 Å². The van der Waals surface area contributed by atoms with Gasteiger partial charge in [0.25, 0.3) is 0 Å². The lowest BCUT2D eigenvalue weighted by molar-refractivity contribution is 0.111. The van der Waals surface area contributed by atoms with Gasteiger partial charge in [-0.1, -0.05) is 23.8 Å². The molecular formula is C24H34ClNO2. The summed E-state index contributed by atoms with van der Waals surface area (Å²) in [7, 11) is 0. The van der Waals surface area contributed by atoms with Gasteiger partial charge in [0.2, 0.25) is 0 Å². The number of rotatable bonds is 4. The summed E-state index contributed by atoms with van der Waals surface area (Å²) in [5, 5.41) is 10.1. The maximum Gasteiger partial charge on any atom is 0.146 e. The minimum atomic E-state index is -0.143. The summed E-state index contributed by atoms with van der Waals surface area (Å²) in [5.74, 6) is 1.77. The molecule has 2 aliphatic heterocycles. The van der Waals surface area contributed by atoms with Crippen molar-refractivity contribution >= 4 is 17.3 Å². The van der Waals surface area contributed by atoms with Crippen LogP contribution in [0.1, 0.15) is 64.4 Å². The van der Waals surface area contributed by atoms with Crippen LogP contribution in [0.3, 0.4) is 0 Å². The van der Waals surface area contributed by atoms with E-state index in [0.717, 1.165) is 48.2 Å². The zero-order valence-electron chi connectivity index (χ0n) is 17.4. The average molecular weight is 404 g/mol. The van der Waals surface area contributed by atoms with E-state index < -0.39 is 0 Å². The number of fused-ring (bicyclic) bond motifs is 1. The van der Waals surface area contributed by atoms with Crippen molar-refractivity contribution in [2.24, 2.45) is 11.3 Å². The van der Waals surface area contributed by atoms with E-state index in [9.17, 15) is 5.11 Å². The molecule has 4 rings (SSSR count). The van der Waals surface area contributed by atoms with Gasteiger partial charge in [-0.05, 0) is 82.3 Å². The quantitative estimate of drug-likeness (QED) is 0.648. The Balaban J connectivity index is 1.40. The number of aliphatic hydroxyl groups is 1. The number of halogens is 1. The van der Waals surface area contributed by atoms with E-state index in [4.69, 9.17) is 16.3 Å². The highest BCUT2D eigenvalue weighted by Crippen LogP contribution is 2.50. The van der Waals surface area contributed by atoms with E-state index in [1.165, 1.54) is 49.8 Å². The Morgan fingerprint density at radius 3 is 2.54 bits per heavy atom. The molecule has 3 nitrogen and oxygen atoms in total. The van der Waals surface area contributed by atoms with E-state index in [0.29, 0.717) is 5.41 Å². The number of aliphatic hydroxyl groups excluding tert-OH is 1. The second-order valence-electron chi connectivity index (χ2n) is 9.99. The SMILES string of the molecule is C=C(CO)CC1CCC2(CC1)CCN(c1cc(Cl)cc3c1OC(C)(C)C3)CC2. The molecule has 1 aromatic carbocycles. The lowest BCUT2D eigenvalue weighted by Gasteiger charge is -2.47. The minimum absolute atomic E-state index is 0.138. The van der Waals surface area contributed by atoms with Gasteiger partial charge >= 0.3 is 0 Å². The van der Waals surface area contributed by atoms with Crippen LogP contribution in [0.4, 0.5) is 5.69 Å². The summed E-state index contributed by atoms with van der Waals surface area (Å²) in [6.45, 7) is 10.6. The Kier molecular flexibility index (Phi) is 5.43. The van der Waals surface area contributed by atoms with Gasteiger partial charge in [-0.2, -0.15) is 0 Å². The minimum Gasteiger partial charge on any atom is -0.485 e. The molecule has 1 N–H and O–H groups in total. The number of nitrogens with zero attached hydrogens (tertiary/aromatic N) is 1. The molecule has 3 aliphatic rings. The third-order valence-corrected chi connectivity index (χ3v) is 7.46. The molecule has 1 saturated carbocycles. The van der Waals surface area contributed by atoms with Crippen LogP contribution in [0.5, 0.6) is 5.75 Å². The number of anilines is 1. The zero-order valence-corrected chi connectivity index (χ0v) is 18.2. The molecule has 1 saturated heterocycles. The summed E-state index contributed by atoms with van der Waals surface area (Å²) in [6.07, 6.45) is 9.64. The van der Waals surface area contributed by atoms with E-state index in [2.05, 4.69) is 37.5 Å². The predicted molar refractivity (Wildman–Crippen MR) is 117 cm³/mol. The normalized spacial score (nSPS) is 23.5. The molecule has 1 aromatic rings. The molecule has 2 heterocycles. The van der Waals surface area contributed by atoms with E-state index in [1.54, 1.807) is 0 Å². The first-order chi connectivity index (χ1) is 13.3. The fraction of sp³-hybridized carbons (Fsp3) is 0.667. The molecule has 1 aliphatic carbocycles. The molecule has 0 atom stereocenters. The first-order valence-electron chi connectivity index (χ1n) is 10.8. The van der Waals surface area contributed by atoms with Gasteiger partial charge in [-0.3, -0.25) is 0 Å². The highest BCUT2D eigenvalue weighted by Gasteiger charge is 2.40. The Bertz CT molecular complexity index is 739. The first-order valence-corrected chi connectivity index (χ1v) is 11.2. The standard InChI is InChI=1S/C24H34ClNO2/c1-17(16-27)12-18-4-6-24(7-5-18)8-10-26(11-9-24)21-14-20(25)13-19-15-23(2,3)28-22(19)21/h13-14,18,27H,1,4-12,15-16H2,2-3H3. The van der Waals surface area contributed by atoms with Crippen LogP contribution in [0.15, 0.2) is 24.3 Å². The van der Waals surface area contributed by atoms with Gasteiger partial charge in [0.05, 0.1) is 12.3 Å². The molecule has 0 amide bonds. The second kappa shape index (κ2) is 7.57. The lowest BCUT2D eigenvalue weighted by Crippen LogP contribution is -2.42. The van der Waals surface area contributed by atoms with Gasteiger partial charge in [-0.15, -0.1) is 0 Å². The van der Waals surface area contributed by atoms with E-state index in [1.807, 2.05) is 0 Å². The van der Waals surface area contributed by atoms with Crippen LogP contribution in [0.25, 0.3) is 0 Å². The average Bonchev–Trinajstić information content (AvgIpc) is 2.97. The van der Waals surface area contributed by atoms with Crippen LogP contribution < -0.4 is 9.64 Å². The number of hydrogen-bond donors (Lipinski definition) is 1. The Morgan fingerprint density at radius 2 is 1.89 bits per heavy atom. The van der Waals surface area contributed by atoms with E-state index in [-0.39, 0.29) is 12.2 Å². The molecule has 0 aromatic heterocycles. The Hall–Kier alpha value is -1.19. The number of piperidine rings is 1. The fourth-order valence-electron chi connectivity index (χ4n) is 5.58. The molecule has 4 heteroatoms. The van der Waals surface area contributed by atoms with Crippen molar-refractivity contribution < 1.29 is 9.84 Å². The van der Waals surface area contributed by atoms with Crippen LogP contribution in [-0.4, -0.2) is 30.4 Å². The fourth-order valence-corrected chi connectivity index (χ4v) is 5.81. The summed E-state index contributed by atoms with van der Waals surface area (Å²) in [6, 6.07) is 4.17. The lowest BCUT2D eigenvalue weighted by atomic mass is 9.64. The van der Waals surface area contributed by atoms with Crippen LogP contribution in [-0.2, 0) is 6.42 Å². The Labute approximate surface area is 174 Å².